The number of nitrogens with zero attached hydrogens (tertiary/aromatic N) is 4. The molecule has 6 nitrogen and oxygen atoms in total. The molecule has 2 fully saturated rings. The molecule has 0 spiro atoms. The monoisotopic (exact) mass is 438 g/mol. The van der Waals surface area contributed by atoms with Crippen molar-refractivity contribution in [3.05, 3.63) is 60.8 Å². The van der Waals surface area contributed by atoms with Gasteiger partial charge in [-0.25, -0.2) is 14.5 Å². The lowest BCUT2D eigenvalue weighted by Gasteiger charge is -2.16. The van der Waals surface area contributed by atoms with Gasteiger partial charge in [0.05, 0.1) is 16.9 Å². The molecule has 4 aromatic rings. The number of aromatic nitrogens is 4. The first-order chi connectivity index (χ1) is 16.3. The van der Waals surface area contributed by atoms with Crippen LogP contribution in [-0.2, 0) is 0 Å². The molecule has 0 aliphatic heterocycles. The molecular formula is C27H30N6. The van der Waals surface area contributed by atoms with Crippen molar-refractivity contribution in [1.29, 1.82) is 0 Å². The van der Waals surface area contributed by atoms with Crippen molar-refractivity contribution >= 4 is 17.3 Å². The Morgan fingerprint density at radius 3 is 2.24 bits per heavy atom. The molecule has 2 saturated carbocycles. The first-order valence-corrected chi connectivity index (χ1v) is 12.3. The van der Waals surface area contributed by atoms with Crippen LogP contribution in [0.15, 0.2) is 60.8 Å². The molecule has 0 amide bonds. The Kier molecular flexibility index (Phi) is 5.42. The van der Waals surface area contributed by atoms with E-state index >= 15 is 0 Å². The molecule has 3 heterocycles. The van der Waals surface area contributed by atoms with E-state index in [1.807, 2.05) is 18.3 Å². The Bertz CT molecular complexity index is 1240. The summed E-state index contributed by atoms with van der Waals surface area (Å²) in [5, 5.41) is 12.3. The summed E-state index contributed by atoms with van der Waals surface area (Å²) in [5.41, 5.74) is 5.13. The number of hydrogen-bond acceptors (Lipinski definition) is 5. The second-order valence-corrected chi connectivity index (χ2v) is 9.34. The summed E-state index contributed by atoms with van der Waals surface area (Å²) in [6.07, 6.45) is 11.9. The third kappa shape index (κ3) is 4.17. The number of benzene rings is 1. The molecule has 2 aliphatic rings. The van der Waals surface area contributed by atoms with Crippen molar-refractivity contribution in [1.82, 2.24) is 19.6 Å². The van der Waals surface area contributed by atoms with Gasteiger partial charge in [-0.2, -0.15) is 5.10 Å². The highest BCUT2D eigenvalue weighted by Gasteiger charge is 2.20. The maximum absolute atomic E-state index is 5.01. The molecule has 168 valence electrons. The minimum atomic E-state index is 0.484. The lowest BCUT2D eigenvalue weighted by Crippen LogP contribution is -2.17. The van der Waals surface area contributed by atoms with Gasteiger partial charge in [-0.05, 0) is 49.9 Å². The minimum Gasteiger partial charge on any atom is -0.367 e. The predicted molar refractivity (Wildman–Crippen MR) is 133 cm³/mol. The molecule has 6 rings (SSSR count). The number of nitrogens with one attached hydrogen (secondary N) is 2. The SMILES string of the molecule is c1ccc(-c2cc3c(-c4ccnc(NC5CCCC5)n4)ccc(NC4CCCC4)n3n2)cc1. The quantitative estimate of drug-likeness (QED) is 0.377. The maximum Gasteiger partial charge on any atom is 0.223 e. The average molecular weight is 439 g/mol. The van der Waals surface area contributed by atoms with E-state index in [0.29, 0.717) is 18.0 Å². The van der Waals surface area contributed by atoms with Crippen LogP contribution in [0.25, 0.3) is 28.0 Å². The Morgan fingerprint density at radius 1 is 0.758 bits per heavy atom. The molecule has 0 unspecified atom stereocenters. The van der Waals surface area contributed by atoms with E-state index in [2.05, 4.69) is 62.6 Å². The Labute approximate surface area is 194 Å². The molecule has 33 heavy (non-hydrogen) atoms. The second kappa shape index (κ2) is 8.85. The molecule has 0 bridgehead atoms. The third-order valence-electron chi connectivity index (χ3n) is 7.02. The molecule has 0 radical (unpaired) electrons. The van der Waals surface area contributed by atoms with Crippen molar-refractivity contribution in [3.8, 4) is 22.5 Å². The largest absolute Gasteiger partial charge is 0.367 e. The second-order valence-electron chi connectivity index (χ2n) is 9.34. The van der Waals surface area contributed by atoms with Crippen molar-refractivity contribution in [2.45, 2.75) is 63.5 Å². The molecular weight excluding hydrogens is 408 g/mol. The van der Waals surface area contributed by atoms with Gasteiger partial charge in [0, 0.05) is 29.4 Å². The Balaban J connectivity index is 1.42. The summed E-state index contributed by atoms with van der Waals surface area (Å²) in [6.45, 7) is 0. The summed E-state index contributed by atoms with van der Waals surface area (Å²) < 4.78 is 2.06. The van der Waals surface area contributed by atoms with Crippen molar-refractivity contribution in [2.24, 2.45) is 0 Å². The zero-order valence-electron chi connectivity index (χ0n) is 18.9. The van der Waals surface area contributed by atoms with Gasteiger partial charge in [0.1, 0.15) is 5.82 Å². The fourth-order valence-corrected chi connectivity index (χ4v) is 5.26. The average Bonchev–Trinajstić information content (AvgIpc) is 3.62. The summed E-state index contributed by atoms with van der Waals surface area (Å²) in [7, 11) is 0. The van der Waals surface area contributed by atoms with Crippen molar-refractivity contribution in [3.63, 3.8) is 0 Å². The number of pyridine rings is 1. The first kappa shape index (κ1) is 20.2. The van der Waals surface area contributed by atoms with Crippen LogP contribution in [0.3, 0.4) is 0 Å². The zero-order chi connectivity index (χ0) is 22.0. The van der Waals surface area contributed by atoms with Crippen molar-refractivity contribution < 1.29 is 0 Å². The Hall–Kier alpha value is -3.41. The van der Waals surface area contributed by atoms with Crippen molar-refractivity contribution in [2.75, 3.05) is 10.6 Å². The van der Waals surface area contributed by atoms with Gasteiger partial charge >= 0.3 is 0 Å². The van der Waals surface area contributed by atoms with Crippen LogP contribution in [0, 0.1) is 0 Å². The minimum absolute atomic E-state index is 0.484. The van der Waals surface area contributed by atoms with E-state index < -0.39 is 0 Å². The van der Waals surface area contributed by atoms with Gasteiger partial charge in [0.25, 0.3) is 0 Å². The van der Waals surface area contributed by atoms with Crippen LogP contribution >= 0.6 is 0 Å². The van der Waals surface area contributed by atoms with Gasteiger partial charge in [0.15, 0.2) is 0 Å². The van der Waals surface area contributed by atoms with Crippen LogP contribution in [0.2, 0.25) is 0 Å². The van der Waals surface area contributed by atoms with Gasteiger partial charge in [0.2, 0.25) is 5.95 Å². The summed E-state index contributed by atoms with van der Waals surface area (Å²) in [5.74, 6) is 1.76. The van der Waals surface area contributed by atoms with Gasteiger partial charge in [-0.1, -0.05) is 56.0 Å². The molecule has 2 aliphatic carbocycles. The highest BCUT2D eigenvalue weighted by molar-refractivity contribution is 5.83. The smallest absolute Gasteiger partial charge is 0.223 e. The molecule has 0 atom stereocenters. The number of anilines is 2. The molecule has 0 saturated heterocycles. The lowest BCUT2D eigenvalue weighted by molar-refractivity contribution is 0.742. The number of fused-ring (bicyclic) bond motifs is 1. The normalized spacial score (nSPS) is 17.1. The van der Waals surface area contributed by atoms with Crippen LogP contribution in [0.5, 0.6) is 0 Å². The molecule has 2 N–H and O–H groups in total. The van der Waals surface area contributed by atoms with Crippen LogP contribution in [0.4, 0.5) is 11.8 Å². The van der Waals surface area contributed by atoms with Crippen LogP contribution in [-0.4, -0.2) is 31.7 Å². The summed E-state index contributed by atoms with van der Waals surface area (Å²) in [6, 6.07) is 19.9. The molecule has 1 aromatic carbocycles. The van der Waals surface area contributed by atoms with Gasteiger partial charge in [-0.15, -0.1) is 0 Å². The summed E-state index contributed by atoms with van der Waals surface area (Å²) in [4.78, 5) is 9.38. The van der Waals surface area contributed by atoms with E-state index in [1.54, 1.807) is 0 Å². The van der Waals surface area contributed by atoms with E-state index in [-0.39, 0.29) is 0 Å². The highest BCUT2D eigenvalue weighted by atomic mass is 15.3. The van der Waals surface area contributed by atoms with Crippen LogP contribution < -0.4 is 10.6 Å². The van der Waals surface area contributed by atoms with E-state index in [4.69, 9.17) is 10.1 Å². The number of rotatable bonds is 6. The fraction of sp³-hybridized carbons (Fsp3) is 0.370. The zero-order valence-corrected chi connectivity index (χ0v) is 18.9. The van der Waals surface area contributed by atoms with E-state index in [9.17, 15) is 0 Å². The molecule has 3 aromatic heterocycles. The van der Waals surface area contributed by atoms with Gasteiger partial charge in [-0.3, -0.25) is 0 Å². The van der Waals surface area contributed by atoms with Gasteiger partial charge < -0.3 is 10.6 Å². The van der Waals surface area contributed by atoms with E-state index in [1.165, 1.54) is 51.4 Å². The summed E-state index contributed by atoms with van der Waals surface area (Å²) >= 11 is 0. The highest BCUT2D eigenvalue weighted by Crippen LogP contribution is 2.32. The first-order valence-electron chi connectivity index (χ1n) is 12.3. The number of hydrogen-bond donors (Lipinski definition) is 2. The molecule has 6 heteroatoms. The predicted octanol–water partition coefficient (Wildman–Crippen LogP) is 6.17. The third-order valence-corrected chi connectivity index (χ3v) is 7.02. The maximum atomic E-state index is 5.01. The topological polar surface area (TPSA) is 67.1 Å². The Morgan fingerprint density at radius 2 is 1.48 bits per heavy atom. The van der Waals surface area contributed by atoms with Crippen LogP contribution in [0.1, 0.15) is 51.4 Å². The standard InChI is InChI=1S/C27H30N6/c1-2-8-19(9-3-1)24-18-25-22(14-15-26(33(25)32-24)29-20-10-4-5-11-20)23-16-17-28-27(31-23)30-21-12-6-7-13-21/h1-3,8-9,14-18,20-21,29H,4-7,10-13H2,(H,28,30,31). The van der Waals surface area contributed by atoms with E-state index in [0.717, 1.165) is 33.8 Å². The fourth-order valence-electron chi connectivity index (χ4n) is 5.26. The lowest BCUT2D eigenvalue weighted by atomic mass is 10.1.